The molecule has 1 N–H and O–H groups in total. The van der Waals surface area contributed by atoms with Crippen LogP contribution in [0.15, 0.2) is 49.4 Å². The number of aryl methyl sites for hydroxylation is 1. The predicted molar refractivity (Wildman–Crippen MR) is 78.4 cm³/mol. The molecule has 0 amide bonds. The number of pyridine rings is 1. The monoisotopic (exact) mass is 281 g/mol. The summed E-state index contributed by atoms with van der Waals surface area (Å²) in [6.07, 6.45) is 9.44. The number of nitrogens with zero attached hydrogens (tertiary/aromatic N) is 6. The second kappa shape index (κ2) is 6.56. The molecule has 7 nitrogen and oxygen atoms in total. The van der Waals surface area contributed by atoms with Crippen molar-refractivity contribution in [1.82, 2.24) is 29.7 Å². The number of rotatable bonds is 6. The van der Waals surface area contributed by atoms with E-state index in [2.05, 4.69) is 30.4 Å². The molecule has 0 aromatic carbocycles. The van der Waals surface area contributed by atoms with Crippen LogP contribution in [0.25, 0.3) is 11.3 Å². The van der Waals surface area contributed by atoms with Gasteiger partial charge in [-0.25, -0.2) is 15.0 Å². The van der Waals surface area contributed by atoms with Crippen molar-refractivity contribution in [2.45, 2.75) is 13.0 Å². The topological polar surface area (TPSA) is 81.4 Å². The van der Waals surface area contributed by atoms with Gasteiger partial charge in [0, 0.05) is 37.2 Å². The first-order valence-electron chi connectivity index (χ1n) is 6.71. The maximum Gasteiger partial charge on any atom is 0.223 e. The summed E-state index contributed by atoms with van der Waals surface area (Å²) in [4.78, 5) is 16.7. The highest BCUT2D eigenvalue weighted by Crippen LogP contribution is 2.15. The highest BCUT2D eigenvalue weighted by molar-refractivity contribution is 5.58. The van der Waals surface area contributed by atoms with Crippen LogP contribution in [-0.2, 0) is 6.54 Å². The molecule has 3 aromatic rings. The lowest BCUT2D eigenvalue weighted by Gasteiger charge is -2.06. The summed E-state index contributed by atoms with van der Waals surface area (Å²) < 4.78 is 1.80. The molecule has 0 bridgehead atoms. The number of hydrogen-bond donors (Lipinski definition) is 1. The molecular weight excluding hydrogens is 266 g/mol. The Morgan fingerprint density at radius 2 is 2.14 bits per heavy atom. The van der Waals surface area contributed by atoms with Crippen molar-refractivity contribution in [1.29, 1.82) is 0 Å². The first-order valence-corrected chi connectivity index (χ1v) is 6.71. The lowest BCUT2D eigenvalue weighted by Crippen LogP contribution is -2.09. The molecule has 0 radical (unpaired) electrons. The Morgan fingerprint density at radius 1 is 1.14 bits per heavy atom. The fourth-order valence-corrected chi connectivity index (χ4v) is 1.91. The Hall–Kier alpha value is -2.83. The molecule has 0 aliphatic carbocycles. The first kappa shape index (κ1) is 13.2. The van der Waals surface area contributed by atoms with Crippen LogP contribution in [-0.4, -0.2) is 36.3 Å². The van der Waals surface area contributed by atoms with E-state index in [0.29, 0.717) is 5.95 Å². The zero-order valence-corrected chi connectivity index (χ0v) is 11.4. The SMILES string of the molecule is c1cncc(-c2ccnc(NCCCn3cncn3)n2)c1. The van der Waals surface area contributed by atoms with Gasteiger partial charge < -0.3 is 5.32 Å². The van der Waals surface area contributed by atoms with Crippen molar-refractivity contribution < 1.29 is 0 Å². The van der Waals surface area contributed by atoms with E-state index >= 15 is 0 Å². The second-order valence-corrected chi connectivity index (χ2v) is 4.45. The molecule has 106 valence electrons. The van der Waals surface area contributed by atoms with Crippen LogP contribution in [0, 0.1) is 0 Å². The van der Waals surface area contributed by atoms with Gasteiger partial charge in [0.2, 0.25) is 5.95 Å². The highest BCUT2D eigenvalue weighted by atomic mass is 15.3. The third kappa shape index (κ3) is 3.59. The average Bonchev–Trinajstić information content (AvgIpc) is 3.06. The number of nitrogens with one attached hydrogen (secondary N) is 1. The molecule has 3 rings (SSSR count). The van der Waals surface area contributed by atoms with Gasteiger partial charge in [0.1, 0.15) is 12.7 Å². The van der Waals surface area contributed by atoms with E-state index in [4.69, 9.17) is 0 Å². The van der Waals surface area contributed by atoms with Crippen molar-refractivity contribution >= 4 is 5.95 Å². The third-order valence-corrected chi connectivity index (χ3v) is 2.93. The molecule has 0 unspecified atom stereocenters. The highest BCUT2D eigenvalue weighted by Gasteiger charge is 2.01. The van der Waals surface area contributed by atoms with E-state index in [9.17, 15) is 0 Å². The van der Waals surface area contributed by atoms with E-state index in [-0.39, 0.29) is 0 Å². The summed E-state index contributed by atoms with van der Waals surface area (Å²) in [5, 5.41) is 7.27. The predicted octanol–water partition coefficient (Wildman–Crippen LogP) is 1.63. The van der Waals surface area contributed by atoms with Gasteiger partial charge in [-0.2, -0.15) is 5.10 Å². The largest absolute Gasteiger partial charge is 0.354 e. The van der Waals surface area contributed by atoms with Crippen LogP contribution in [0.5, 0.6) is 0 Å². The van der Waals surface area contributed by atoms with Crippen LogP contribution in [0.4, 0.5) is 5.95 Å². The minimum Gasteiger partial charge on any atom is -0.354 e. The molecule has 3 heterocycles. The number of aromatic nitrogens is 6. The Balaban J connectivity index is 1.56. The molecule has 0 atom stereocenters. The smallest absolute Gasteiger partial charge is 0.223 e. The summed E-state index contributed by atoms with van der Waals surface area (Å²) in [6.45, 7) is 1.59. The fraction of sp³-hybridized carbons (Fsp3) is 0.214. The number of anilines is 1. The summed E-state index contributed by atoms with van der Waals surface area (Å²) in [7, 11) is 0. The first-order chi connectivity index (χ1) is 10.4. The molecule has 0 saturated carbocycles. The Kier molecular flexibility index (Phi) is 4.11. The summed E-state index contributed by atoms with van der Waals surface area (Å²) >= 11 is 0. The lowest BCUT2D eigenvalue weighted by atomic mass is 10.2. The maximum atomic E-state index is 4.48. The molecule has 0 fully saturated rings. The van der Waals surface area contributed by atoms with Crippen molar-refractivity contribution in [2.24, 2.45) is 0 Å². The minimum atomic E-state index is 0.620. The summed E-state index contributed by atoms with van der Waals surface area (Å²) in [6, 6.07) is 5.74. The third-order valence-electron chi connectivity index (χ3n) is 2.93. The van der Waals surface area contributed by atoms with Crippen molar-refractivity contribution in [2.75, 3.05) is 11.9 Å². The van der Waals surface area contributed by atoms with Crippen molar-refractivity contribution in [3.05, 3.63) is 49.4 Å². The van der Waals surface area contributed by atoms with E-state index in [1.165, 1.54) is 6.33 Å². The maximum absolute atomic E-state index is 4.48. The van der Waals surface area contributed by atoms with Crippen LogP contribution in [0.3, 0.4) is 0 Å². The van der Waals surface area contributed by atoms with Crippen LogP contribution < -0.4 is 5.32 Å². The average molecular weight is 281 g/mol. The Morgan fingerprint density at radius 3 is 2.95 bits per heavy atom. The van der Waals surface area contributed by atoms with E-state index < -0.39 is 0 Å². The van der Waals surface area contributed by atoms with Gasteiger partial charge in [0.25, 0.3) is 0 Å². The summed E-state index contributed by atoms with van der Waals surface area (Å²) in [5.74, 6) is 0.620. The van der Waals surface area contributed by atoms with Gasteiger partial charge in [0.15, 0.2) is 0 Å². The minimum absolute atomic E-state index is 0.620. The zero-order chi connectivity index (χ0) is 14.3. The molecule has 0 aliphatic heterocycles. The molecular formula is C14H15N7. The molecule has 0 saturated heterocycles. The van der Waals surface area contributed by atoms with Crippen molar-refractivity contribution in [3.8, 4) is 11.3 Å². The van der Waals surface area contributed by atoms with Gasteiger partial charge in [0.05, 0.1) is 5.69 Å². The Bertz CT molecular complexity index is 667. The van der Waals surface area contributed by atoms with Gasteiger partial charge >= 0.3 is 0 Å². The van der Waals surface area contributed by atoms with E-state index in [0.717, 1.165) is 30.8 Å². The van der Waals surface area contributed by atoms with Crippen LogP contribution >= 0.6 is 0 Å². The van der Waals surface area contributed by atoms with E-state index in [1.54, 1.807) is 29.6 Å². The molecule has 0 spiro atoms. The van der Waals surface area contributed by atoms with Gasteiger partial charge in [-0.1, -0.05) is 0 Å². The standard InChI is InChI=1S/C14H15N7/c1-3-12(9-15-5-1)13-4-7-18-14(20-13)17-6-2-8-21-11-16-10-19-21/h1,3-5,7,9-11H,2,6,8H2,(H,17,18,20). The normalized spacial score (nSPS) is 10.5. The molecule has 3 aromatic heterocycles. The van der Waals surface area contributed by atoms with Crippen LogP contribution in [0.2, 0.25) is 0 Å². The molecule has 0 aliphatic rings. The second-order valence-electron chi connectivity index (χ2n) is 4.45. The number of hydrogen-bond acceptors (Lipinski definition) is 6. The lowest BCUT2D eigenvalue weighted by molar-refractivity contribution is 0.589. The van der Waals surface area contributed by atoms with Crippen LogP contribution in [0.1, 0.15) is 6.42 Å². The summed E-state index contributed by atoms with van der Waals surface area (Å²) in [5.41, 5.74) is 1.84. The Labute approximate surface area is 122 Å². The van der Waals surface area contributed by atoms with E-state index in [1.807, 2.05) is 18.2 Å². The zero-order valence-electron chi connectivity index (χ0n) is 11.4. The van der Waals surface area contributed by atoms with Gasteiger partial charge in [-0.05, 0) is 24.6 Å². The quantitative estimate of drug-likeness (QED) is 0.692. The molecule has 21 heavy (non-hydrogen) atoms. The fourth-order valence-electron chi connectivity index (χ4n) is 1.91. The van der Waals surface area contributed by atoms with Gasteiger partial charge in [-0.15, -0.1) is 0 Å². The molecule has 7 heteroatoms. The van der Waals surface area contributed by atoms with Gasteiger partial charge in [-0.3, -0.25) is 9.67 Å². The van der Waals surface area contributed by atoms with Crippen molar-refractivity contribution in [3.63, 3.8) is 0 Å².